The quantitative estimate of drug-likeness (QED) is 0.201. The summed E-state index contributed by atoms with van der Waals surface area (Å²) < 4.78 is 0. The minimum absolute atomic E-state index is 0.708. The van der Waals surface area contributed by atoms with Gasteiger partial charge in [-0.3, -0.25) is 0 Å². The summed E-state index contributed by atoms with van der Waals surface area (Å²) >= 11 is 49.6. The van der Waals surface area contributed by atoms with Gasteiger partial charge in [-0.25, -0.2) is 0 Å². The van der Waals surface area contributed by atoms with Crippen LogP contribution in [0.2, 0.25) is 6.55 Å². The van der Waals surface area contributed by atoms with Crippen LogP contribution in [0.5, 0.6) is 0 Å². The van der Waals surface area contributed by atoms with E-state index in [2.05, 4.69) is 4.90 Å². The fourth-order valence-electron chi connectivity index (χ4n) is 2.95. The minimum atomic E-state index is -2.97. The van der Waals surface area contributed by atoms with E-state index in [0.717, 1.165) is 22.2 Å². The molecule has 164 valence electrons. The van der Waals surface area contributed by atoms with Crippen molar-refractivity contribution in [3.05, 3.63) is 72.8 Å². The SMILES string of the molecule is C[Si](Cl)(Cl)c1ccc(N(c2ccc([Si](Cl)(Cl)Cl)cc2)c2ccc([Si](Cl)(Cl)Cl)cc2)cc1. The van der Waals surface area contributed by atoms with Crippen molar-refractivity contribution in [3.8, 4) is 0 Å². The number of anilines is 3. The first kappa shape index (κ1) is 26.0. The maximum Gasteiger partial charge on any atom is 0.372 e. The van der Waals surface area contributed by atoms with E-state index < -0.39 is 18.7 Å². The van der Waals surface area contributed by atoms with Gasteiger partial charge >= 0.3 is 12.0 Å². The highest BCUT2D eigenvalue weighted by molar-refractivity contribution is 7.70. The first-order chi connectivity index (χ1) is 14.3. The smallest absolute Gasteiger partial charge is 0.311 e. The summed E-state index contributed by atoms with van der Waals surface area (Å²) in [5, 5.41) is 2.34. The molecule has 0 fully saturated rings. The normalized spacial score (nSPS) is 12.7. The van der Waals surface area contributed by atoms with Crippen molar-refractivity contribution in [2.45, 2.75) is 6.55 Å². The van der Waals surface area contributed by atoms with Crippen LogP contribution in [0.3, 0.4) is 0 Å². The highest BCUT2D eigenvalue weighted by Gasteiger charge is 2.30. The topological polar surface area (TPSA) is 3.24 Å². The highest BCUT2D eigenvalue weighted by atomic mass is 35.8. The van der Waals surface area contributed by atoms with Gasteiger partial charge in [-0.1, -0.05) is 36.4 Å². The molecule has 3 aromatic rings. The van der Waals surface area contributed by atoms with Crippen molar-refractivity contribution in [1.29, 1.82) is 0 Å². The van der Waals surface area contributed by atoms with E-state index in [0.29, 0.717) is 10.4 Å². The molecule has 0 spiro atoms. The Bertz CT molecular complexity index is 888. The maximum atomic E-state index is 6.37. The molecule has 0 saturated carbocycles. The van der Waals surface area contributed by atoms with Gasteiger partial charge in [0.2, 0.25) is 0 Å². The fourth-order valence-corrected chi connectivity index (χ4v) is 7.81. The summed E-state index contributed by atoms with van der Waals surface area (Å²) in [7, 11) is 0. The molecule has 1 nitrogen and oxygen atoms in total. The number of hydrogen-bond donors (Lipinski definition) is 0. The highest BCUT2D eigenvalue weighted by Crippen LogP contribution is 2.35. The van der Waals surface area contributed by atoms with Gasteiger partial charge in [0.1, 0.15) is 0 Å². The van der Waals surface area contributed by atoms with Crippen LogP contribution in [0.1, 0.15) is 0 Å². The Morgan fingerprint density at radius 1 is 0.452 bits per heavy atom. The van der Waals surface area contributed by atoms with Gasteiger partial charge in [0.25, 0.3) is 6.69 Å². The Hall–Kier alpha value is 0.431. The molecular weight excluding hydrogens is 610 g/mol. The Kier molecular flexibility index (Phi) is 8.37. The molecule has 0 heterocycles. The van der Waals surface area contributed by atoms with Crippen LogP contribution in [-0.2, 0) is 0 Å². The Morgan fingerprint density at radius 3 is 0.935 bits per heavy atom. The molecule has 31 heavy (non-hydrogen) atoms. The zero-order valence-electron chi connectivity index (χ0n) is 15.9. The first-order valence-corrected chi connectivity index (χ1v) is 23.5. The van der Waals surface area contributed by atoms with E-state index in [1.807, 2.05) is 79.3 Å². The molecule has 0 N–H and O–H groups in total. The molecular formula is C19H15Cl8NSi3. The second-order valence-electron chi connectivity index (χ2n) is 6.86. The van der Waals surface area contributed by atoms with Gasteiger partial charge in [-0.2, -0.15) is 0 Å². The Morgan fingerprint density at radius 2 is 0.710 bits per heavy atom. The lowest BCUT2D eigenvalue weighted by atomic mass is 10.2. The third-order valence-corrected chi connectivity index (χ3v) is 13.1. The average molecular weight is 625 g/mol. The Labute approximate surface area is 222 Å². The Balaban J connectivity index is 2.08. The minimum Gasteiger partial charge on any atom is -0.311 e. The molecule has 3 rings (SSSR count). The number of benzene rings is 3. The van der Waals surface area contributed by atoms with Gasteiger partial charge in [0, 0.05) is 17.1 Å². The zero-order chi connectivity index (χ0) is 23.0. The molecule has 12 heteroatoms. The summed E-state index contributed by atoms with van der Waals surface area (Å²) in [6.07, 6.45) is 0. The van der Waals surface area contributed by atoms with Gasteiger partial charge in [0.05, 0.1) is 0 Å². The van der Waals surface area contributed by atoms with Crippen molar-refractivity contribution in [3.63, 3.8) is 0 Å². The van der Waals surface area contributed by atoms with Crippen molar-refractivity contribution in [2.75, 3.05) is 4.90 Å². The lowest BCUT2D eigenvalue weighted by Gasteiger charge is -2.27. The summed E-state index contributed by atoms with van der Waals surface area (Å²) in [6, 6.07) is 16.9. The fraction of sp³-hybridized carbons (Fsp3) is 0.0526. The van der Waals surface area contributed by atoms with Crippen LogP contribution in [0.15, 0.2) is 72.8 Å². The second kappa shape index (κ2) is 9.96. The number of hydrogen-bond acceptors (Lipinski definition) is 1. The summed E-state index contributed by atoms with van der Waals surface area (Å²) in [6.45, 7) is -0.597. The van der Waals surface area contributed by atoms with Crippen LogP contribution in [0, 0.1) is 0 Å². The molecule has 0 aliphatic rings. The molecule has 0 unspecified atom stereocenters. The molecule has 0 aliphatic carbocycles. The van der Waals surface area contributed by atoms with Crippen molar-refractivity contribution >= 4 is 140 Å². The summed E-state index contributed by atoms with van der Waals surface area (Å²) in [5.74, 6) is 0. The first-order valence-electron chi connectivity index (χ1n) is 8.90. The predicted octanol–water partition coefficient (Wildman–Crippen LogP) is 7.64. The largest absolute Gasteiger partial charge is 0.372 e. The van der Waals surface area contributed by atoms with Crippen molar-refractivity contribution in [1.82, 2.24) is 0 Å². The zero-order valence-corrected chi connectivity index (χ0v) is 24.9. The summed E-state index contributed by atoms with van der Waals surface area (Å²) in [4.78, 5) is 2.05. The van der Waals surface area contributed by atoms with E-state index in [1.54, 1.807) is 0 Å². The lowest BCUT2D eigenvalue weighted by molar-refractivity contribution is 1.29. The average Bonchev–Trinajstić information content (AvgIpc) is 2.67. The number of halogens is 8. The summed E-state index contributed by atoms with van der Waals surface area (Å²) in [5.41, 5.74) is 2.68. The third-order valence-electron chi connectivity index (χ3n) is 4.54. The van der Waals surface area contributed by atoms with E-state index in [-0.39, 0.29) is 0 Å². The van der Waals surface area contributed by atoms with Gasteiger partial charge in [-0.15, -0.1) is 88.6 Å². The molecule has 0 aromatic heterocycles. The van der Waals surface area contributed by atoms with Gasteiger partial charge in [0.15, 0.2) is 0 Å². The molecule has 3 aromatic carbocycles. The van der Waals surface area contributed by atoms with Crippen molar-refractivity contribution < 1.29 is 0 Å². The van der Waals surface area contributed by atoms with E-state index in [9.17, 15) is 0 Å². The van der Waals surface area contributed by atoms with Crippen LogP contribution in [0.4, 0.5) is 17.1 Å². The molecule has 0 aliphatic heterocycles. The second-order valence-corrected chi connectivity index (χ2v) is 31.2. The lowest BCUT2D eigenvalue weighted by Crippen LogP contribution is -2.32. The van der Waals surface area contributed by atoms with Crippen LogP contribution >= 0.6 is 88.6 Å². The maximum absolute atomic E-state index is 6.37. The molecule has 0 radical (unpaired) electrons. The molecule has 0 amide bonds. The van der Waals surface area contributed by atoms with Crippen molar-refractivity contribution in [2.24, 2.45) is 0 Å². The van der Waals surface area contributed by atoms with E-state index in [4.69, 9.17) is 88.6 Å². The van der Waals surface area contributed by atoms with Gasteiger partial charge < -0.3 is 4.90 Å². The molecule has 0 atom stereocenters. The molecule has 0 bridgehead atoms. The van der Waals surface area contributed by atoms with E-state index in [1.165, 1.54) is 0 Å². The van der Waals surface area contributed by atoms with Crippen LogP contribution in [0.25, 0.3) is 0 Å². The predicted molar refractivity (Wildman–Crippen MR) is 150 cm³/mol. The monoisotopic (exact) mass is 621 g/mol. The van der Waals surface area contributed by atoms with E-state index >= 15 is 0 Å². The molecule has 0 saturated heterocycles. The number of nitrogens with zero attached hydrogens (tertiary/aromatic N) is 1. The number of rotatable bonds is 6. The standard InChI is InChI=1S/C19H15Cl8NSi3/c1-29(20,21)17-8-2-14(3-9-17)28(15-4-10-18(11-5-15)30(22,23)24)16-6-12-19(13-7-16)31(25,26)27/h2-13H,1H3. The third kappa shape index (κ3) is 6.74. The van der Waals surface area contributed by atoms with Gasteiger partial charge in [-0.05, 0) is 58.5 Å². The van der Waals surface area contributed by atoms with Crippen LogP contribution in [-0.4, -0.2) is 18.7 Å². The van der Waals surface area contributed by atoms with Crippen LogP contribution < -0.4 is 20.5 Å².